The summed E-state index contributed by atoms with van der Waals surface area (Å²) < 4.78 is 0. The molecule has 2 fully saturated rings. The number of nitrogens with one attached hydrogen (secondary N) is 1. The third-order valence-corrected chi connectivity index (χ3v) is 4.06. The second kappa shape index (κ2) is 4.23. The minimum absolute atomic E-state index is 0.149. The molecule has 4 heteroatoms. The molecule has 1 aliphatic heterocycles. The van der Waals surface area contributed by atoms with Crippen LogP contribution in [-0.2, 0) is 4.79 Å². The largest absolute Gasteiger partial charge is 0.269 e. The highest BCUT2D eigenvalue weighted by molar-refractivity contribution is 6.00. The molecule has 2 aliphatic rings. The lowest BCUT2D eigenvalue weighted by Gasteiger charge is -2.44. The molecule has 19 heavy (non-hydrogen) atoms. The normalized spacial score (nSPS) is 20.5. The van der Waals surface area contributed by atoms with Gasteiger partial charge in [-0.15, -0.1) is 0 Å². The lowest BCUT2D eigenvalue weighted by molar-refractivity contribution is -0.135. The van der Waals surface area contributed by atoms with Crippen molar-refractivity contribution in [2.24, 2.45) is 0 Å². The van der Waals surface area contributed by atoms with Gasteiger partial charge in [0.1, 0.15) is 0 Å². The molecule has 0 aromatic heterocycles. The summed E-state index contributed by atoms with van der Waals surface area (Å²) in [6.07, 6.45) is 3.64. The number of rotatable bonds is 2. The van der Waals surface area contributed by atoms with Crippen LogP contribution in [0.3, 0.4) is 0 Å². The quantitative estimate of drug-likeness (QED) is 0.823. The topological polar surface area (TPSA) is 49.4 Å². The van der Waals surface area contributed by atoms with Crippen LogP contribution in [-0.4, -0.2) is 22.4 Å². The van der Waals surface area contributed by atoms with E-state index in [1.165, 1.54) is 5.01 Å². The summed E-state index contributed by atoms with van der Waals surface area (Å²) in [5.74, 6) is -0.390. The molecule has 1 N–H and O–H groups in total. The Kier molecular flexibility index (Phi) is 2.66. The standard InChI is InChI=1S/C15H16N2O2/c1-11-10-15(8-5-9-15)17(14(11)19)16-13(18)12-6-3-2-4-7-12/h2-4,6-7H,1,5,8-10H2,(H,16,18). The van der Waals surface area contributed by atoms with Crippen LogP contribution in [0.1, 0.15) is 36.0 Å². The first-order valence-corrected chi connectivity index (χ1v) is 6.51. The number of amides is 2. The zero-order valence-corrected chi connectivity index (χ0v) is 10.7. The van der Waals surface area contributed by atoms with Crippen molar-refractivity contribution >= 4 is 11.8 Å². The van der Waals surface area contributed by atoms with Crippen molar-refractivity contribution in [3.63, 3.8) is 0 Å². The molecule has 98 valence electrons. The van der Waals surface area contributed by atoms with Crippen LogP contribution in [0.15, 0.2) is 42.5 Å². The van der Waals surface area contributed by atoms with E-state index in [2.05, 4.69) is 12.0 Å². The summed E-state index contributed by atoms with van der Waals surface area (Å²) in [6, 6.07) is 8.93. The highest BCUT2D eigenvalue weighted by Crippen LogP contribution is 2.46. The van der Waals surface area contributed by atoms with Crippen LogP contribution in [0.2, 0.25) is 0 Å². The van der Waals surface area contributed by atoms with Gasteiger partial charge in [0.2, 0.25) is 0 Å². The van der Waals surface area contributed by atoms with Crippen molar-refractivity contribution in [3.05, 3.63) is 48.0 Å². The minimum Gasteiger partial charge on any atom is -0.268 e. The number of hydrazine groups is 1. The molecule has 0 unspecified atom stereocenters. The molecule has 3 rings (SSSR count). The van der Waals surface area contributed by atoms with Gasteiger partial charge in [0, 0.05) is 17.6 Å². The molecule has 1 saturated heterocycles. The van der Waals surface area contributed by atoms with Gasteiger partial charge < -0.3 is 0 Å². The van der Waals surface area contributed by atoms with E-state index in [1.54, 1.807) is 24.3 Å². The van der Waals surface area contributed by atoms with E-state index in [4.69, 9.17) is 0 Å². The number of carbonyl (C=O) groups is 2. The van der Waals surface area contributed by atoms with Crippen molar-refractivity contribution < 1.29 is 9.59 Å². The molecular weight excluding hydrogens is 240 g/mol. The van der Waals surface area contributed by atoms with E-state index in [9.17, 15) is 9.59 Å². The Balaban J connectivity index is 1.80. The van der Waals surface area contributed by atoms with Gasteiger partial charge in [0.05, 0.1) is 5.54 Å². The molecule has 2 amide bonds. The Morgan fingerprint density at radius 1 is 1.26 bits per heavy atom. The van der Waals surface area contributed by atoms with E-state index >= 15 is 0 Å². The van der Waals surface area contributed by atoms with E-state index in [0.717, 1.165) is 19.3 Å². The van der Waals surface area contributed by atoms with Crippen molar-refractivity contribution in [1.29, 1.82) is 0 Å². The lowest BCUT2D eigenvalue weighted by atomic mass is 9.75. The SMILES string of the molecule is C=C1CC2(CCC2)N(NC(=O)c2ccccc2)C1=O. The van der Waals surface area contributed by atoms with Crippen molar-refractivity contribution in [2.75, 3.05) is 0 Å². The molecule has 0 radical (unpaired) electrons. The first-order valence-electron chi connectivity index (χ1n) is 6.51. The van der Waals surface area contributed by atoms with Crippen LogP contribution in [0.5, 0.6) is 0 Å². The number of hydrogen-bond donors (Lipinski definition) is 1. The molecule has 1 spiro atoms. The van der Waals surface area contributed by atoms with Gasteiger partial charge in [-0.2, -0.15) is 0 Å². The Morgan fingerprint density at radius 2 is 1.95 bits per heavy atom. The fourth-order valence-corrected chi connectivity index (χ4v) is 2.84. The van der Waals surface area contributed by atoms with Crippen LogP contribution >= 0.6 is 0 Å². The highest BCUT2D eigenvalue weighted by atomic mass is 16.2. The average Bonchev–Trinajstić information content (AvgIpc) is 2.64. The molecule has 1 aliphatic carbocycles. The van der Waals surface area contributed by atoms with E-state index in [0.29, 0.717) is 17.6 Å². The van der Waals surface area contributed by atoms with Gasteiger partial charge in [0.25, 0.3) is 11.8 Å². The number of nitrogens with zero attached hydrogens (tertiary/aromatic N) is 1. The van der Waals surface area contributed by atoms with Crippen LogP contribution in [0.4, 0.5) is 0 Å². The molecule has 0 atom stereocenters. The minimum atomic E-state index is -0.241. The monoisotopic (exact) mass is 256 g/mol. The summed E-state index contributed by atoms with van der Waals surface area (Å²) in [6.45, 7) is 3.80. The van der Waals surface area contributed by atoms with Crippen molar-refractivity contribution in [2.45, 2.75) is 31.2 Å². The molecule has 0 bridgehead atoms. The molecule has 1 aromatic rings. The summed E-state index contributed by atoms with van der Waals surface area (Å²) >= 11 is 0. The van der Waals surface area contributed by atoms with Gasteiger partial charge in [-0.1, -0.05) is 24.8 Å². The zero-order valence-electron chi connectivity index (χ0n) is 10.7. The van der Waals surface area contributed by atoms with Crippen LogP contribution < -0.4 is 5.43 Å². The predicted octanol–water partition coefficient (Wildman–Crippen LogP) is 2.04. The first kappa shape index (κ1) is 12.0. The second-order valence-corrected chi connectivity index (χ2v) is 5.31. The summed E-state index contributed by atoms with van der Waals surface area (Å²) in [5, 5.41) is 1.51. The molecule has 1 aromatic carbocycles. The average molecular weight is 256 g/mol. The maximum Gasteiger partial charge on any atom is 0.269 e. The maximum atomic E-state index is 12.1. The molecule has 4 nitrogen and oxygen atoms in total. The lowest BCUT2D eigenvalue weighted by Crippen LogP contribution is -2.58. The third kappa shape index (κ3) is 1.84. The number of benzene rings is 1. The van der Waals surface area contributed by atoms with Crippen molar-refractivity contribution in [1.82, 2.24) is 10.4 Å². The Morgan fingerprint density at radius 3 is 2.53 bits per heavy atom. The summed E-state index contributed by atoms with van der Waals surface area (Å²) in [4.78, 5) is 24.2. The molecule has 1 saturated carbocycles. The van der Waals surface area contributed by atoms with E-state index < -0.39 is 0 Å². The number of carbonyl (C=O) groups excluding carboxylic acids is 2. The summed E-state index contributed by atoms with van der Waals surface area (Å²) in [5.41, 5.74) is 3.69. The van der Waals surface area contributed by atoms with Gasteiger partial charge in [-0.25, -0.2) is 5.01 Å². The Bertz CT molecular complexity index is 547. The highest BCUT2D eigenvalue weighted by Gasteiger charge is 2.52. The summed E-state index contributed by atoms with van der Waals surface area (Å²) in [7, 11) is 0. The second-order valence-electron chi connectivity index (χ2n) is 5.31. The van der Waals surface area contributed by atoms with Crippen LogP contribution in [0.25, 0.3) is 0 Å². The fraction of sp³-hybridized carbons (Fsp3) is 0.333. The fourth-order valence-electron chi connectivity index (χ4n) is 2.84. The van der Waals surface area contributed by atoms with Gasteiger partial charge in [-0.3, -0.25) is 15.0 Å². The number of hydrogen-bond acceptors (Lipinski definition) is 2. The van der Waals surface area contributed by atoms with Gasteiger partial charge in [-0.05, 0) is 31.4 Å². The first-order chi connectivity index (χ1) is 9.12. The van der Waals surface area contributed by atoms with Crippen LogP contribution in [0, 0.1) is 0 Å². The maximum absolute atomic E-state index is 12.1. The zero-order chi connectivity index (χ0) is 13.5. The van der Waals surface area contributed by atoms with Gasteiger partial charge >= 0.3 is 0 Å². The Hall–Kier alpha value is -2.10. The van der Waals surface area contributed by atoms with E-state index in [-0.39, 0.29) is 17.4 Å². The smallest absolute Gasteiger partial charge is 0.268 e. The third-order valence-electron chi connectivity index (χ3n) is 4.06. The van der Waals surface area contributed by atoms with Gasteiger partial charge in [0.15, 0.2) is 0 Å². The van der Waals surface area contributed by atoms with E-state index in [1.807, 2.05) is 6.07 Å². The Labute approximate surface area is 112 Å². The molecular formula is C15H16N2O2. The van der Waals surface area contributed by atoms with Crippen molar-refractivity contribution in [3.8, 4) is 0 Å². The molecule has 1 heterocycles. The predicted molar refractivity (Wildman–Crippen MR) is 71.1 cm³/mol.